The Morgan fingerprint density at radius 2 is 1.69 bits per heavy atom. The zero-order chi connectivity index (χ0) is 25.8. The molecule has 0 amide bonds. The van der Waals surface area contributed by atoms with Crippen molar-refractivity contribution in [3.8, 4) is 11.1 Å². The lowest BCUT2D eigenvalue weighted by Gasteiger charge is -2.42. The highest BCUT2D eigenvalue weighted by Gasteiger charge is 2.40. The van der Waals surface area contributed by atoms with Gasteiger partial charge in [-0.05, 0) is 119 Å². The summed E-state index contributed by atoms with van der Waals surface area (Å²) in [4.78, 5) is 15.4. The highest BCUT2D eigenvalue weighted by atomic mass is 16.5. The van der Waals surface area contributed by atoms with Crippen LogP contribution in [0.5, 0.6) is 0 Å². The molecule has 1 aliphatic heterocycles. The molecule has 2 fully saturated rings. The van der Waals surface area contributed by atoms with E-state index in [9.17, 15) is 9.90 Å². The van der Waals surface area contributed by atoms with Gasteiger partial charge in [0.15, 0.2) is 6.10 Å². The van der Waals surface area contributed by atoms with Gasteiger partial charge in [0.25, 0.3) is 0 Å². The van der Waals surface area contributed by atoms with Crippen LogP contribution < -0.4 is 0 Å². The lowest BCUT2D eigenvalue weighted by molar-refractivity contribution is -0.160. The van der Waals surface area contributed by atoms with Crippen LogP contribution >= 0.6 is 0 Å². The molecule has 0 saturated heterocycles. The van der Waals surface area contributed by atoms with Crippen molar-refractivity contribution < 1.29 is 14.6 Å². The first-order valence-corrected chi connectivity index (χ1v) is 13.9. The minimum absolute atomic E-state index is 0.569. The van der Waals surface area contributed by atoms with E-state index in [2.05, 4.69) is 49.9 Å². The average Bonchev–Trinajstić information content (AvgIpc) is 3.20. The fraction of sp³-hybridized carbons (Fsp3) is 0.594. The Morgan fingerprint density at radius 1 is 1.00 bits per heavy atom. The average molecular weight is 490 g/mol. The van der Waals surface area contributed by atoms with Crippen LogP contribution in [0.15, 0.2) is 24.3 Å². The van der Waals surface area contributed by atoms with E-state index < -0.39 is 17.7 Å². The van der Waals surface area contributed by atoms with E-state index in [4.69, 9.17) is 4.74 Å². The van der Waals surface area contributed by atoms with Gasteiger partial charge >= 0.3 is 5.97 Å². The Morgan fingerprint density at radius 3 is 2.36 bits per heavy atom. The van der Waals surface area contributed by atoms with E-state index in [1.165, 1.54) is 54.4 Å². The first-order valence-electron chi connectivity index (χ1n) is 13.9. The van der Waals surface area contributed by atoms with Gasteiger partial charge in [0, 0.05) is 24.7 Å². The Labute approximate surface area is 217 Å². The molecule has 4 atom stereocenters. The van der Waals surface area contributed by atoms with Gasteiger partial charge in [0.2, 0.25) is 0 Å². The summed E-state index contributed by atoms with van der Waals surface area (Å²) < 4.78 is 6.24. The van der Waals surface area contributed by atoms with Gasteiger partial charge in [0.1, 0.15) is 0 Å². The lowest BCUT2D eigenvalue weighted by Crippen LogP contribution is -2.45. The maximum atomic E-state index is 12.6. The number of benzene rings is 2. The van der Waals surface area contributed by atoms with E-state index in [1.807, 2.05) is 20.8 Å². The van der Waals surface area contributed by atoms with E-state index in [0.717, 1.165) is 53.6 Å². The molecular formula is C32H43NO3. The van der Waals surface area contributed by atoms with Crippen LogP contribution in [-0.4, -0.2) is 34.2 Å². The summed E-state index contributed by atoms with van der Waals surface area (Å²) in [5, 5.41) is 10.4. The number of hydrogen-bond donors (Lipinski definition) is 1. The van der Waals surface area contributed by atoms with Crippen molar-refractivity contribution >= 4 is 5.97 Å². The summed E-state index contributed by atoms with van der Waals surface area (Å²) in [5.74, 6) is 0.911. The number of fused-ring (bicyclic) bond motifs is 3. The predicted octanol–water partition coefficient (Wildman–Crippen LogP) is 7.16. The normalized spacial score (nSPS) is 25.0. The fourth-order valence-corrected chi connectivity index (χ4v) is 7.38. The number of carboxylic acid groups (broad SMARTS) is 1. The summed E-state index contributed by atoms with van der Waals surface area (Å²) in [6, 6.07) is 9.24. The van der Waals surface area contributed by atoms with Crippen molar-refractivity contribution in [2.75, 3.05) is 6.54 Å². The van der Waals surface area contributed by atoms with Crippen LogP contribution in [-0.2, 0) is 22.5 Å². The van der Waals surface area contributed by atoms with E-state index in [1.54, 1.807) is 0 Å². The number of nitrogens with zero attached hydrogens (tertiary/aromatic N) is 1. The van der Waals surface area contributed by atoms with Crippen molar-refractivity contribution in [3.05, 3.63) is 57.6 Å². The Hall–Kier alpha value is -2.17. The van der Waals surface area contributed by atoms with Crippen molar-refractivity contribution in [3.63, 3.8) is 0 Å². The number of aliphatic carboxylic acids is 1. The first kappa shape index (κ1) is 25.5. The van der Waals surface area contributed by atoms with Gasteiger partial charge in [-0.2, -0.15) is 0 Å². The van der Waals surface area contributed by atoms with E-state index in [0.29, 0.717) is 6.04 Å². The highest BCUT2D eigenvalue weighted by Crippen LogP contribution is 2.47. The molecule has 194 valence electrons. The Bertz CT molecular complexity index is 1140. The third-order valence-electron chi connectivity index (χ3n) is 9.09. The van der Waals surface area contributed by atoms with Gasteiger partial charge in [-0.1, -0.05) is 36.2 Å². The molecule has 2 aromatic carbocycles. The quantitative estimate of drug-likeness (QED) is 0.484. The lowest BCUT2D eigenvalue weighted by atomic mass is 9.78. The molecule has 2 bridgehead atoms. The molecule has 2 saturated carbocycles. The third kappa shape index (κ3) is 4.75. The molecule has 0 spiro atoms. The number of carbonyl (C=O) groups is 1. The van der Waals surface area contributed by atoms with Crippen LogP contribution in [0.25, 0.3) is 11.1 Å². The van der Waals surface area contributed by atoms with Crippen LogP contribution in [0.2, 0.25) is 0 Å². The maximum Gasteiger partial charge on any atom is 0.337 e. The van der Waals surface area contributed by atoms with Crippen molar-refractivity contribution in [1.82, 2.24) is 4.90 Å². The van der Waals surface area contributed by atoms with Gasteiger partial charge < -0.3 is 9.84 Å². The van der Waals surface area contributed by atoms with Crippen LogP contribution in [0, 0.1) is 32.6 Å². The molecule has 5 rings (SSSR count). The van der Waals surface area contributed by atoms with Crippen molar-refractivity contribution in [2.45, 2.75) is 104 Å². The number of carboxylic acids is 1. The van der Waals surface area contributed by atoms with E-state index >= 15 is 0 Å². The molecular weight excluding hydrogens is 446 g/mol. The summed E-state index contributed by atoms with van der Waals surface area (Å²) in [5.41, 5.74) is 8.69. The summed E-state index contributed by atoms with van der Waals surface area (Å²) in [6.45, 7) is 14.3. The zero-order valence-electron chi connectivity index (χ0n) is 23.0. The molecule has 2 aliphatic carbocycles. The minimum atomic E-state index is -1.00. The second kappa shape index (κ2) is 9.61. The largest absolute Gasteiger partial charge is 0.479 e. The second-order valence-corrected chi connectivity index (χ2v) is 12.6. The van der Waals surface area contributed by atoms with Crippen molar-refractivity contribution in [2.24, 2.45) is 11.8 Å². The Balaban J connectivity index is 1.63. The standard InChI is InChI=1S/C32H43NO3/c1-19-7-11-23(12-8-19)28-21(3)26-18-33(27-14-10-22-9-13-24(27)17-22)16-15-25(26)20(2)29(28)30(31(34)35)36-32(4,5)6/h7-8,11-12,22,24,27,30H,9-10,13-18H2,1-6H3,(H,34,35). The van der Waals surface area contributed by atoms with E-state index in [-0.39, 0.29) is 0 Å². The summed E-state index contributed by atoms with van der Waals surface area (Å²) >= 11 is 0. The molecule has 2 aromatic rings. The predicted molar refractivity (Wildman–Crippen MR) is 145 cm³/mol. The van der Waals surface area contributed by atoms with Gasteiger partial charge in [0.05, 0.1) is 5.60 Å². The molecule has 0 aromatic heterocycles. The van der Waals surface area contributed by atoms with Crippen LogP contribution in [0.3, 0.4) is 0 Å². The maximum absolute atomic E-state index is 12.6. The minimum Gasteiger partial charge on any atom is -0.479 e. The number of aryl methyl sites for hydroxylation is 1. The molecule has 36 heavy (non-hydrogen) atoms. The van der Waals surface area contributed by atoms with Crippen molar-refractivity contribution in [1.29, 1.82) is 0 Å². The summed E-state index contributed by atoms with van der Waals surface area (Å²) in [6.07, 6.45) is 6.95. The first-order chi connectivity index (χ1) is 17.0. The Kier molecular flexibility index (Phi) is 6.80. The molecule has 3 aliphatic rings. The number of hydrogen-bond acceptors (Lipinski definition) is 3. The molecule has 4 nitrogen and oxygen atoms in total. The second-order valence-electron chi connectivity index (χ2n) is 12.6. The smallest absolute Gasteiger partial charge is 0.337 e. The van der Waals surface area contributed by atoms with Gasteiger partial charge in [-0.15, -0.1) is 0 Å². The van der Waals surface area contributed by atoms with Gasteiger partial charge in [-0.25, -0.2) is 4.79 Å². The molecule has 4 unspecified atom stereocenters. The fourth-order valence-electron chi connectivity index (χ4n) is 7.38. The molecule has 1 heterocycles. The highest BCUT2D eigenvalue weighted by molar-refractivity contribution is 5.84. The number of rotatable bonds is 5. The molecule has 1 N–H and O–H groups in total. The summed E-state index contributed by atoms with van der Waals surface area (Å²) in [7, 11) is 0. The van der Waals surface area contributed by atoms with Gasteiger partial charge in [-0.3, -0.25) is 4.90 Å². The zero-order valence-corrected chi connectivity index (χ0v) is 23.0. The topological polar surface area (TPSA) is 49.8 Å². The number of ether oxygens (including phenoxy) is 1. The SMILES string of the molecule is Cc1ccc(-c2c(C)c3c(c(C)c2C(OC(C)(C)C)C(=O)O)CCN(C2CCC4CCC2C4)C3)cc1. The monoisotopic (exact) mass is 489 g/mol. The third-order valence-corrected chi connectivity index (χ3v) is 9.09. The van der Waals surface area contributed by atoms with Crippen LogP contribution in [0.4, 0.5) is 0 Å². The van der Waals surface area contributed by atoms with Crippen LogP contribution in [0.1, 0.15) is 92.4 Å². The molecule has 4 heteroatoms. The molecule has 0 radical (unpaired) electrons.